The molecule has 0 fully saturated rings. The van der Waals surface area contributed by atoms with Gasteiger partial charge in [0, 0.05) is 30.6 Å². The first-order valence-corrected chi connectivity index (χ1v) is 10.2. The lowest BCUT2D eigenvalue weighted by Crippen LogP contribution is -2.34. The van der Waals surface area contributed by atoms with Crippen LogP contribution in [-0.2, 0) is 16.4 Å². The summed E-state index contributed by atoms with van der Waals surface area (Å²) < 4.78 is 24.2. The summed E-state index contributed by atoms with van der Waals surface area (Å²) in [5, 5.41) is 2.67. The molecule has 3 rings (SSSR count). The fraction of sp³-hybridized carbons (Fsp3) is 0.263. The van der Waals surface area contributed by atoms with E-state index >= 15 is 0 Å². The van der Waals surface area contributed by atoms with Gasteiger partial charge in [-0.1, -0.05) is 30.3 Å². The quantitative estimate of drug-likeness (QED) is 0.756. The first-order valence-electron chi connectivity index (χ1n) is 8.33. The van der Waals surface area contributed by atoms with Crippen molar-refractivity contribution in [2.75, 3.05) is 19.3 Å². The van der Waals surface area contributed by atoms with E-state index in [1.54, 1.807) is 12.1 Å². The molecule has 26 heavy (non-hydrogen) atoms. The predicted octanol–water partition coefficient (Wildman–Crippen LogP) is 1.76. The molecule has 0 heterocycles. The third-order valence-electron chi connectivity index (χ3n) is 4.28. The number of aryl methyl sites for hydroxylation is 1. The molecule has 0 aromatic heterocycles. The lowest BCUT2D eigenvalue weighted by Gasteiger charge is -2.08. The molecule has 0 unspecified atom stereocenters. The Morgan fingerprint density at radius 3 is 2.38 bits per heavy atom. The summed E-state index contributed by atoms with van der Waals surface area (Å²) in [5.74, 6) is -0.0599. The minimum absolute atomic E-state index is 0.149. The molecule has 136 valence electrons. The number of ketones is 1. The molecule has 1 amide bonds. The molecule has 0 atom stereocenters. The van der Waals surface area contributed by atoms with Crippen LogP contribution in [0.15, 0.2) is 42.5 Å². The topological polar surface area (TPSA) is 92.3 Å². The van der Waals surface area contributed by atoms with E-state index in [-0.39, 0.29) is 24.8 Å². The predicted molar refractivity (Wildman–Crippen MR) is 99.7 cm³/mol. The van der Waals surface area contributed by atoms with Crippen LogP contribution in [0.2, 0.25) is 0 Å². The van der Waals surface area contributed by atoms with Gasteiger partial charge in [-0.05, 0) is 35.2 Å². The molecule has 1 aliphatic rings. The Labute approximate surface area is 152 Å². The molecule has 0 radical (unpaired) electrons. The van der Waals surface area contributed by atoms with Crippen molar-refractivity contribution >= 4 is 21.7 Å². The Bertz CT molecular complexity index is 950. The molecule has 6 nitrogen and oxygen atoms in total. The second-order valence-electron chi connectivity index (χ2n) is 6.29. The van der Waals surface area contributed by atoms with Crippen LogP contribution in [-0.4, -0.2) is 39.5 Å². The number of rotatable bonds is 6. The molecule has 7 heteroatoms. The molecular formula is C19H20N2O4S. The lowest BCUT2D eigenvalue weighted by molar-refractivity contribution is 0.0953. The maximum atomic E-state index is 12.1. The van der Waals surface area contributed by atoms with Crippen LogP contribution >= 0.6 is 0 Å². The van der Waals surface area contributed by atoms with Crippen LogP contribution in [0.4, 0.5) is 0 Å². The summed E-state index contributed by atoms with van der Waals surface area (Å²) in [6, 6.07) is 13.0. The minimum atomic E-state index is -3.25. The number of hydrogen-bond donors (Lipinski definition) is 2. The van der Waals surface area contributed by atoms with E-state index in [1.165, 1.54) is 0 Å². The van der Waals surface area contributed by atoms with Crippen LogP contribution in [0.25, 0.3) is 11.1 Å². The number of carbonyl (C=O) groups excluding carboxylic acids is 2. The van der Waals surface area contributed by atoms with Crippen LogP contribution in [0, 0.1) is 0 Å². The van der Waals surface area contributed by atoms with Crippen LogP contribution in [0.5, 0.6) is 0 Å². The Balaban J connectivity index is 1.63. The van der Waals surface area contributed by atoms with Crippen LogP contribution < -0.4 is 10.0 Å². The van der Waals surface area contributed by atoms with Gasteiger partial charge in [0.25, 0.3) is 5.91 Å². The molecule has 2 N–H and O–H groups in total. The Morgan fingerprint density at radius 2 is 1.69 bits per heavy atom. The van der Waals surface area contributed by atoms with Crippen molar-refractivity contribution in [1.82, 2.24) is 10.0 Å². The summed E-state index contributed by atoms with van der Waals surface area (Å²) in [7, 11) is -3.25. The number of benzene rings is 2. The van der Waals surface area contributed by atoms with Gasteiger partial charge in [0.1, 0.15) is 0 Å². The van der Waals surface area contributed by atoms with E-state index in [2.05, 4.69) is 10.0 Å². The summed E-state index contributed by atoms with van der Waals surface area (Å²) in [5.41, 5.74) is 4.38. The van der Waals surface area contributed by atoms with Gasteiger partial charge in [-0.25, -0.2) is 13.1 Å². The number of sulfonamides is 1. The van der Waals surface area contributed by atoms with Gasteiger partial charge in [-0.15, -0.1) is 0 Å². The van der Waals surface area contributed by atoms with Gasteiger partial charge in [0.2, 0.25) is 10.0 Å². The van der Waals surface area contributed by atoms with Gasteiger partial charge in [-0.2, -0.15) is 0 Å². The third kappa shape index (κ3) is 4.36. The highest BCUT2D eigenvalue weighted by molar-refractivity contribution is 7.88. The van der Waals surface area contributed by atoms with Gasteiger partial charge in [0.05, 0.1) is 6.26 Å². The highest BCUT2D eigenvalue weighted by Gasteiger charge is 2.19. The molecule has 0 bridgehead atoms. The molecule has 2 aromatic carbocycles. The molecule has 0 spiro atoms. The SMILES string of the molecule is CS(=O)(=O)NCCNC(=O)c1ccc(-c2ccc3c(c2)CCC3=O)cc1. The van der Waals surface area contributed by atoms with Crippen LogP contribution in [0.1, 0.15) is 32.7 Å². The average molecular weight is 372 g/mol. The Hall–Kier alpha value is -2.51. The number of nitrogens with one attached hydrogen (secondary N) is 2. The molecule has 1 aliphatic carbocycles. The van der Waals surface area contributed by atoms with Crippen molar-refractivity contribution in [3.63, 3.8) is 0 Å². The van der Waals surface area contributed by atoms with Gasteiger partial charge >= 0.3 is 0 Å². The largest absolute Gasteiger partial charge is 0.351 e. The van der Waals surface area contributed by atoms with E-state index in [4.69, 9.17) is 0 Å². The highest BCUT2D eigenvalue weighted by Crippen LogP contribution is 2.28. The van der Waals surface area contributed by atoms with Gasteiger partial charge in [-0.3, -0.25) is 9.59 Å². The molecule has 0 saturated heterocycles. The first kappa shape index (κ1) is 18.3. The fourth-order valence-corrected chi connectivity index (χ4v) is 3.44. The Kier molecular flexibility index (Phi) is 5.20. The van der Waals surface area contributed by atoms with Crippen molar-refractivity contribution in [2.24, 2.45) is 0 Å². The maximum Gasteiger partial charge on any atom is 0.251 e. The number of Topliss-reactive ketones (excluding diaryl/α,β-unsaturated/α-hetero) is 1. The molecule has 2 aromatic rings. The number of fused-ring (bicyclic) bond motifs is 1. The van der Waals surface area contributed by atoms with Crippen molar-refractivity contribution in [2.45, 2.75) is 12.8 Å². The molecule has 0 saturated carbocycles. The summed E-state index contributed by atoms with van der Waals surface area (Å²) in [6.45, 7) is 0.364. The monoisotopic (exact) mass is 372 g/mol. The van der Waals surface area contributed by atoms with Gasteiger partial charge in [0.15, 0.2) is 5.78 Å². The van der Waals surface area contributed by atoms with Crippen molar-refractivity contribution in [1.29, 1.82) is 0 Å². The lowest BCUT2D eigenvalue weighted by atomic mass is 9.99. The van der Waals surface area contributed by atoms with Crippen LogP contribution in [0.3, 0.4) is 0 Å². The fourth-order valence-electron chi connectivity index (χ4n) is 2.96. The van der Waals surface area contributed by atoms with Gasteiger partial charge < -0.3 is 5.32 Å². The first-order chi connectivity index (χ1) is 12.3. The van der Waals surface area contributed by atoms with E-state index in [1.807, 2.05) is 30.3 Å². The summed E-state index contributed by atoms with van der Waals surface area (Å²) in [6.07, 6.45) is 2.43. The summed E-state index contributed by atoms with van der Waals surface area (Å²) in [4.78, 5) is 23.8. The van der Waals surface area contributed by atoms with E-state index in [9.17, 15) is 18.0 Å². The second-order valence-corrected chi connectivity index (χ2v) is 8.13. The maximum absolute atomic E-state index is 12.1. The van der Waals surface area contributed by atoms with E-state index in [0.29, 0.717) is 12.0 Å². The number of amides is 1. The zero-order valence-electron chi connectivity index (χ0n) is 14.4. The van der Waals surface area contributed by atoms with Crippen molar-refractivity contribution < 1.29 is 18.0 Å². The number of hydrogen-bond acceptors (Lipinski definition) is 4. The normalized spacial score (nSPS) is 13.5. The summed E-state index contributed by atoms with van der Waals surface area (Å²) >= 11 is 0. The smallest absolute Gasteiger partial charge is 0.251 e. The van der Waals surface area contributed by atoms with Crippen molar-refractivity contribution in [3.8, 4) is 11.1 Å². The second kappa shape index (κ2) is 7.39. The van der Waals surface area contributed by atoms with E-state index in [0.717, 1.165) is 34.9 Å². The third-order valence-corrected chi connectivity index (χ3v) is 5.01. The molecule has 0 aliphatic heterocycles. The number of carbonyl (C=O) groups is 2. The van der Waals surface area contributed by atoms with E-state index < -0.39 is 10.0 Å². The minimum Gasteiger partial charge on any atom is -0.351 e. The zero-order valence-corrected chi connectivity index (χ0v) is 15.2. The zero-order chi connectivity index (χ0) is 18.7. The average Bonchev–Trinajstić information content (AvgIpc) is 2.98. The highest BCUT2D eigenvalue weighted by atomic mass is 32.2. The Morgan fingerprint density at radius 1 is 1.00 bits per heavy atom. The molecular weight excluding hydrogens is 352 g/mol. The standard InChI is InChI=1S/C19H20N2O4S/c1-26(24,25)21-11-10-20-19(23)14-4-2-13(3-5-14)15-6-8-17-16(12-15)7-9-18(17)22/h2-6,8,12,21H,7,9-11H2,1H3,(H,20,23). The van der Waals surface area contributed by atoms with Crippen molar-refractivity contribution in [3.05, 3.63) is 59.2 Å².